The lowest BCUT2D eigenvalue weighted by Crippen LogP contribution is -2.23. The molecule has 0 aliphatic carbocycles. The molecular weight excluding hydrogens is 232 g/mol. The lowest BCUT2D eigenvalue weighted by atomic mass is 10.1. The van der Waals surface area contributed by atoms with Crippen LogP contribution in [0.4, 0.5) is 0 Å². The van der Waals surface area contributed by atoms with Crippen molar-refractivity contribution in [3.8, 4) is 0 Å². The highest BCUT2D eigenvalue weighted by Gasteiger charge is 2.09. The predicted octanol–water partition coefficient (Wildman–Crippen LogP) is 1.75. The first-order valence-corrected chi connectivity index (χ1v) is 5.71. The van der Waals surface area contributed by atoms with Gasteiger partial charge in [0.25, 0.3) is 5.56 Å². The van der Waals surface area contributed by atoms with Gasteiger partial charge < -0.3 is 5.11 Å². The van der Waals surface area contributed by atoms with Crippen molar-refractivity contribution in [1.82, 2.24) is 9.55 Å². The van der Waals surface area contributed by atoms with Gasteiger partial charge in [-0.2, -0.15) is 0 Å². The molecule has 0 spiro atoms. The van der Waals surface area contributed by atoms with Crippen LogP contribution in [0.15, 0.2) is 29.3 Å². The van der Waals surface area contributed by atoms with Crippen LogP contribution in [0, 0.1) is 5.92 Å². The van der Waals surface area contributed by atoms with Crippen molar-refractivity contribution in [2.45, 2.75) is 20.4 Å². The van der Waals surface area contributed by atoms with Gasteiger partial charge in [0.05, 0.1) is 22.8 Å². The van der Waals surface area contributed by atoms with Crippen molar-refractivity contribution in [2.75, 3.05) is 0 Å². The van der Waals surface area contributed by atoms with Crippen molar-refractivity contribution in [3.05, 3.63) is 40.4 Å². The third-order valence-electron chi connectivity index (χ3n) is 2.63. The molecule has 0 amide bonds. The van der Waals surface area contributed by atoms with E-state index in [1.165, 1.54) is 23.0 Å². The zero-order valence-electron chi connectivity index (χ0n) is 10.3. The van der Waals surface area contributed by atoms with Crippen molar-refractivity contribution < 1.29 is 9.90 Å². The summed E-state index contributed by atoms with van der Waals surface area (Å²) in [4.78, 5) is 27.2. The molecule has 5 nitrogen and oxygen atoms in total. The van der Waals surface area contributed by atoms with E-state index in [1.54, 1.807) is 6.07 Å². The summed E-state index contributed by atoms with van der Waals surface area (Å²) in [6, 6.07) is 4.38. The van der Waals surface area contributed by atoms with Gasteiger partial charge in [0, 0.05) is 6.54 Å². The minimum absolute atomic E-state index is 0.101. The van der Waals surface area contributed by atoms with Crippen LogP contribution in [-0.4, -0.2) is 20.6 Å². The monoisotopic (exact) mass is 246 g/mol. The van der Waals surface area contributed by atoms with Gasteiger partial charge in [-0.3, -0.25) is 9.36 Å². The van der Waals surface area contributed by atoms with Gasteiger partial charge in [-0.1, -0.05) is 13.8 Å². The average Bonchev–Trinajstić information content (AvgIpc) is 2.32. The Bertz CT molecular complexity index is 659. The Morgan fingerprint density at radius 1 is 1.44 bits per heavy atom. The fourth-order valence-corrected chi connectivity index (χ4v) is 1.82. The summed E-state index contributed by atoms with van der Waals surface area (Å²) in [5, 5.41) is 9.27. The quantitative estimate of drug-likeness (QED) is 0.895. The number of aromatic nitrogens is 2. The first kappa shape index (κ1) is 12.3. The van der Waals surface area contributed by atoms with Gasteiger partial charge in [0.2, 0.25) is 0 Å². The van der Waals surface area contributed by atoms with Gasteiger partial charge in [-0.05, 0) is 24.1 Å². The lowest BCUT2D eigenvalue weighted by Gasteiger charge is -2.09. The molecule has 0 saturated heterocycles. The van der Waals surface area contributed by atoms with Crippen LogP contribution in [-0.2, 0) is 6.54 Å². The molecule has 18 heavy (non-hydrogen) atoms. The van der Waals surface area contributed by atoms with Gasteiger partial charge in [-0.25, -0.2) is 9.78 Å². The van der Waals surface area contributed by atoms with E-state index in [9.17, 15) is 9.59 Å². The number of nitrogens with zero attached hydrogens (tertiary/aromatic N) is 2. The van der Waals surface area contributed by atoms with Crippen LogP contribution in [0.2, 0.25) is 0 Å². The minimum Gasteiger partial charge on any atom is -0.478 e. The fraction of sp³-hybridized carbons (Fsp3) is 0.308. The highest BCUT2D eigenvalue weighted by atomic mass is 16.4. The van der Waals surface area contributed by atoms with Gasteiger partial charge in [0.1, 0.15) is 0 Å². The van der Waals surface area contributed by atoms with E-state index in [0.717, 1.165) is 0 Å². The number of carbonyl (C=O) groups is 1. The van der Waals surface area contributed by atoms with Gasteiger partial charge in [0.15, 0.2) is 0 Å². The largest absolute Gasteiger partial charge is 0.478 e. The highest BCUT2D eigenvalue weighted by Crippen LogP contribution is 2.10. The second-order valence-electron chi connectivity index (χ2n) is 4.63. The third-order valence-corrected chi connectivity index (χ3v) is 2.63. The van der Waals surface area contributed by atoms with E-state index in [2.05, 4.69) is 4.98 Å². The normalized spacial score (nSPS) is 11.1. The highest BCUT2D eigenvalue weighted by molar-refractivity contribution is 5.92. The zero-order chi connectivity index (χ0) is 13.3. The molecule has 1 N–H and O–H groups in total. The second-order valence-corrected chi connectivity index (χ2v) is 4.63. The third kappa shape index (κ3) is 2.25. The second kappa shape index (κ2) is 4.60. The molecule has 5 heteroatoms. The molecule has 0 unspecified atom stereocenters. The van der Waals surface area contributed by atoms with Crippen molar-refractivity contribution in [2.24, 2.45) is 5.92 Å². The van der Waals surface area contributed by atoms with E-state index in [0.29, 0.717) is 23.4 Å². The Balaban J connectivity index is 2.64. The first-order chi connectivity index (χ1) is 8.49. The summed E-state index contributed by atoms with van der Waals surface area (Å²) in [6.45, 7) is 4.58. The fourth-order valence-electron chi connectivity index (χ4n) is 1.82. The molecule has 0 atom stereocenters. The Morgan fingerprint density at radius 3 is 2.78 bits per heavy atom. The molecule has 1 heterocycles. The number of carboxylic acid groups (broad SMARTS) is 1. The van der Waals surface area contributed by atoms with Crippen LogP contribution in [0.3, 0.4) is 0 Å². The van der Waals surface area contributed by atoms with Crippen molar-refractivity contribution >= 4 is 16.9 Å². The van der Waals surface area contributed by atoms with Crippen molar-refractivity contribution in [3.63, 3.8) is 0 Å². The number of hydrogen-bond donors (Lipinski definition) is 1. The average molecular weight is 246 g/mol. The Hall–Kier alpha value is -2.17. The first-order valence-electron chi connectivity index (χ1n) is 5.71. The molecule has 2 rings (SSSR count). The standard InChI is InChI=1S/C13H14N2O3/c1-8(2)6-15-7-14-11-4-3-9(13(17)18)5-10(11)12(15)16/h3-5,7-8H,6H2,1-2H3,(H,17,18). The minimum atomic E-state index is -1.05. The van der Waals surface area contributed by atoms with Crippen LogP contribution in [0.1, 0.15) is 24.2 Å². The molecule has 0 aliphatic heterocycles. The molecule has 1 aromatic heterocycles. The summed E-state index contributed by atoms with van der Waals surface area (Å²) >= 11 is 0. The molecule has 0 aliphatic rings. The van der Waals surface area contributed by atoms with E-state index in [4.69, 9.17) is 5.11 Å². The number of fused-ring (bicyclic) bond motifs is 1. The number of carboxylic acids is 1. The lowest BCUT2D eigenvalue weighted by molar-refractivity contribution is 0.0697. The summed E-state index contributed by atoms with van der Waals surface area (Å²) < 4.78 is 1.51. The van der Waals surface area contributed by atoms with E-state index in [1.807, 2.05) is 13.8 Å². The molecular formula is C13H14N2O3. The maximum atomic E-state index is 12.2. The van der Waals surface area contributed by atoms with E-state index < -0.39 is 5.97 Å². The Labute approximate surface area is 104 Å². The molecule has 1 aromatic carbocycles. The Kier molecular flexibility index (Phi) is 3.14. The number of hydrogen-bond acceptors (Lipinski definition) is 3. The van der Waals surface area contributed by atoms with Crippen molar-refractivity contribution in [1.29, 1.82) is 0 Å². The summed E-state index contributed by atoms with van der Waals surface area (Å²) in [5.41, 5.74) is 0.422. The summed E-state index contributed by atoms with van der Waals surface area (Å²) in [7, 11) is 0. The maximum Gasteiger partial charge on any atom is 0.335 e. The van der Waals surface area contributed by atoms with Crippen LogP contribution < -0.4 is 5.56 Å². The number of rotatable bonds is 3. The van der Waals surface area contributed by atoms with E-state index in [-0.39, 0.29) is 11.1 Å². The van der Waals surface area contributed by atoms with Gasteiger partial charge in [-0.15, -0.1) is 0 Å². The van der Waals surface area contributed by atoms with Crippen LogP contribution >= 0.6 is 0 Å². The van der Waals surface area contributed by atoms with Crippen LogP contribution in [0.5, 0.6) is 0 Å². The predicted molar refractivity (Wildman–Crippen MR) is 67.8 cm³/mol. The summed E-state index contributed by atoms with van der Waals surface area (Å²) in [6.07, 6.45) is 1.51. The Morgan fingerprint density at radius 2 is 2.17 bits per heavy atom. The molecule has 0 bridgehead atoms. The number of aromatic carboxylic acids is 1. The van der Waals surface area contributed by atoms with Crippen LogP contribution in [0.25, 0.3) is 10.9 Å². The SMILES string of the molecule is CC(C)Cn1cnc2ccc(C(=O)O)cc2c1=O. The maximum absolute atomic E-state index is 12.2. The smallest absolute Gasteiger partial charge is 0.335 e. The number of benzene rings is 1. The molecule has 0 radical (unpaired) electrons. The molecule has 0 saturated carbocycles. The molecule has 2 aromatic rings. The topological polar surface area (TPSA) is 72.2 Å². The van der Waals surface area contributed by atoms with Gasteiger partial charge >= 0.3 is 5.97 Å². The van der Waals surface area contributed by atoms with E-state index >= 15 is 0 Å². The molecule has 94 valence electrons. The summed E-state index contributed by atoms with van der Waals surface area (Å²) in [5.74, 6) is -0.722. The zero-order valence-corrected chi connectivity index (χ0v) is 10.3. The molecule has 0 fully saturated rings.